The Morgan fingerprint density at radius 1 is 0.731 bits per heavy atom. The van der Waals surface area contributed by atoms with Crippen molar-refractivity contribution in [1.82, 2.24) is 4.57 Å². The fourth-order valence-corrected chi connectivity index (χ4v) is 4.35. The van der Waals surface area contributed by atoms with Crippen LogP contribution in [0.1, 0.15) is 29.7 Å². The summed E-state index contributed by atoms with van der Waals surface area (Å²) in [5.74, 6) is 0.387. The first-order valence-electron chi connectivity index (χ1n) is 9.22. The molecule has 4 aromatic rings. The summed E-state index contributed by atoms with van der Waals surface area (Å²) >= 11 is 0. The van der Waals surface area contributed by atoms with Gasteiger partial charge in [0.25, 0.3) is 0 Å². The molecule has 1 nitrogen and oxygen atoms in total. The van der Waals surface area contributed by atoms with Crippen molar-refractivity contribution in [2.24, 2.45) is 0 Å². The summed E-state index contributed by atoms with van der Waals surface area (Å²) in [6.45, 7) is 4.55. The molecule has 1 aromatic heterocycles. The molecule has 0 radical (unpaired) electrons. The lowest BCUT2D eigenvalue weighted by Gasteiger charge is -2.11. The molecule has 0 fully saturated rings. The van der Waals surface area contributed by atoms with E-state index in [2.05, 4.69) is 103 Å². The van der Waals surface area contributed by atoms with E-state index in [0.717, 1.165) is 0 Å². The fourth-order valence-electron chi connectivity index (χ4n) is 4.35. The zero-order valence-electron chi connectivity index (χ0n) is 15.1. The molecule has 1 atom stereocenters. The molecule has 0 saturated carbocycles. The van der Waals surface area contributed by atoms with Gasteiger partial charge in [0.15, 0.2) is 0 Å². The lowest BCUT2D eigenvalue weighted by molar-refractivity contribution is 0.913. The average Bonchev–Trinajstić information content (AvgIpc) is 3.21. The molecule has 0 N–H and O–H groups in total. The van der Waals surface area contributed by atoms with Crippen LogP contribution in [0.2, 0.25) is 0 Å². The largest absolute Gasteiger partial charge is 0.312 e. The van der Waals surface area contributed by atoms with Gasteiger partial charge in [-0.25, -0.2) is 0 Å². The third-order valence-corrected chi connectivity index (χ3v) is 5.56. The zero-order chi connectivity index (χ0) is 17.7. The molecule has 0 saturated heterocycles. The maximum Gasteiger partial charge on any atom is 0.0538 e. The average molecular weight is 335 g/mol. The molecule has 2 heterocycles. The highest BCUT2D eigenvalue weighted by Crippen LogP contribution is 2.48. The van der Waals surface area contributed by atoms with Gasteiger partial charge >= 0.3 is 0 Å². The summed E-state index contributed by atoms with van der Waals surface area (Å²) < 4.78 is 2.49. The van der Waals surface area contributed by atoms with Gasteiger partial charge < -0.3 is 4.57 Å². The maximum atomic E-state index is 2.49. The van der Waals surface area contributed by atoms with Gasteiger partial charge in [-0.1, -0.05) is 85.8 Å². The molecular formula is C25H21N. The first-order chi connectivity index (χ1) is 12.8. The van der Waals surface area contributed by atoms with E-state index in [-0.39, 0.29) is 0 Å². The number of aryl methyl sites for hydroxylation is 1. The van der Waals surface area contributed by atoms with Gasteiger partial charge in [0.1, 0.15) is 0 Å². The number of benzene rings is 3. The number of aromatic nitrogens is 1. The number of hydrogen-bond acceptors (Lipinski definition) is 0. The number of para-hydroxylation sites is 1. The SMILES string of the molecule is Cc1cccc2c1-n1c(-c3ccccc3)cc(-c3ccccc3)c1C2C. The molecule has 1 aliphatic heterocycles. The Morgan fingerprint density at radius 3 is 2.08 bits per heavy atom. The van der Waals surface area contributed by atoms with Crippen molar-refractivity contribution in [3.05, 3.63) is 102 Å². The minimum absolute atomic E-state index is 0.387. The lowest BCUT2D eigenvalue weighted by atomic mass is 9.93. The standard InChI is InChI=1S/C25H21N/c1-17-10-9-15-21-18(2)25-22(19-11-5-3-6-12-19)16-23(26(25)24(17)21)20-13-7-4-8-14-20/h3-16,18H,1-2H3. The van der Waals surface area contributed by atoms with Crippen LogP contribution in [0.25, 0.3) is 28.1 Å². The highest BCUT2D eigenvalue weighted by atomic mass is 15.0. The molecular weight excluding hydrogens is 314 g/mol. The Balaban J connectivity index is 1.87. The number of hydrogen-bond donors (Lipinski definition) is 0. The van der Waals surface area contributed by atoms with E-state index >= 15 is 0 Å². The molecule has 3 aromatic carbocycles. The molecule has 5 rings (SSSR count). The topological polar surface area (TPSA) is 4.93 Å². The fraction of sp³-hybridized carbons (Fsp3) is 0.120. The summed E-state index contributed by atoms with van der Waals surface area (Å²) in [6, 6.07) is 30.5. The van der Waals surface area contributed by atoms with E-state index in [9.17, 15) is 0 Å². The predicted octanol–water partition coefficient (Wildman–Crippen LogP) is 6.58. The van der Waals surface area contributed by atoms with Gasteiger partial charge in [0.2, 0.25) is 0 Å². The van der Waals surface area contributed by atoms with Gasteiger partial charge in [-0.3, -0.25) is 0 Å². The van der Waals surface area contributed by atoms with Gasteiger partial charge in [0, 0.05) is 17.2 Å². The third kappa shape index (κ3) is 2.10. The lowest BCUT2D eigenvalue weighted by Crippen LogP contribution is -1.98. The first-order valence-corrected chi connectivity index (χ1v) is 9.22. The van der Waals surface area contributed by atoms with E-state index in [1.165, 1.54) is 44.9 Å². The molecule has 0 spiro atoms. The van der Waals surface area contributed by atoms with E-state index in [1.54, 1.807) is 0 Å². The number of fused-ring (bicyclic) bond motifs is 3. The molecule has 1 unspecified atom stereocenters. The summed E-state index contributed by atoms with van der Waals surface area (Å²) in [7, 11) is 0. The second-order valence-electron chi connectivity index (χ2n) is 7.13. The molecule has 26 heavy (non-hydrogen) atoms. The monoisotopic (exact) mass is 335 g/mol. The first kappa shape index (κ1) is 15.2. The zero-order valence-corrected chi connectivity index (χ0v) is 15.1. The number of rotatable bonds is 2. The van der Waals surface area contributed by atoms with Crippen molar-refractivity contribution in [3.8, 4) is 28.1 Å². The van der Waals surface area contributed by atoms with Crippen LogP contribution in [0, 0.1) is 6.92 Å². The van der Waals surface area contributed by atoms with Gasteiger partial charge in [-0.05, 0) is 35.2 Å². The van der Waals surface area contributed by atoms with Crippen LogP contribution in [0.3, 0.4) is 0 Å². The van der Waals surface area contributed by atoms with Crippen molar-refractivity contribution >= 4 is 0 Å². The van der Waals surface area contributed by atoms with Crippen LogP contribution >= 0.6 is 0 Å². The smallest absolute Gasteiger partial charge is 0.0538 e. The quantitative estimate of drug-likeness (QED) is 0.390. The van der Waals surface area contributed by atoms with Crippen LogP contribution in [0.4, 0.5) is 0 Å². The maximum absolute atomic E-state index is 2.49. The van der Waals surface area contributed by atoms with Crippen LogP contribution in [-0.2, 0) is 0 Å². The van der Waals surface area contributed by atoms with E-state index in [0.29, 0.717) is 5.92 Å². The highest BCUT2D eigenvalue weighted by molar-refractivity contribution is 5.81. The molecule has 126 valence electrons. The Hall–Kier alpha value is -3.06. The minimum atomic E-state index is 0.387. The molecule has 0 aliphatic carbocycles. The summed E-state index contributed by atoms with van der Waals surface area (Å²) in [5.41, 5.74) is 10.7. The summed E-state index contributed by atoms with van der Waals surface area (Å²) in [5, 5.41) is 0. The minimum Gasteiger partial charge on any atom is -0.312 e. The summed E-state index contributed by atoms with van der Waals surface area (Å²) in [4.78, 5) is 0. The van der Waals surface area contributed by atoms with Gasteiger partial charge in [0.05, 0.1) is 11.4 Å². The Morgan fingerprint density at radius 2 is 1.38 bits per heavy atom. The Bertz CT molecular complexity index is 1090. The normalized spacial score (nSPS) is 14.9. The van der Waals surface area contributed by atoms with Crippen molar-refractivity contribution in [2.75, 3.05) is 0 Å². The predicted molar refractivity (Wildman–Crippen MR) is 109 cm³/mol. The van der Waals surface area contributed by atoms with Crippen molar-refractivity contribution in [3.63, 3.8) is 0 Å². The second kappa shape index (κ2) is 5.74. The number of nitrogens with zero attached hydrogens (tertiary/aromatic N) is 1. The second-order valence-corrected chi connectivity index (χ2v) is 7.13. The van der Waals surface area contributed by atoms with E-state index in [4.69, 9.17) is 0 Å². The van der Waals surface area contributed by atoms with Crippen LogP contribution in [0.15, 0.2) is 84.9 Å². The van der Waals surface area contributed by atoms with Crippen molar-refractivity contribution in [2.45, 2.75) is 19.8 Å². The van der Waals surface area contributed by atoms with Crippen molar-refractivity contribution in [1.29, 1.82) is 0 Å². The molecule has 1 heteroatoms. The van der Waals surface area contributed by atoms with Gasteiger partial charge in [-0.15, -0.1) is 0 Å². The highest BCUT2D eigenvalue weighted by Gasteiger charge is 2.32. The molecule has 1 aliphatic rings. The van der Waals surface area contributed by atoms with Crippen LogP contribution in [0.5, 0.6) is 0 Å². The summed E-state index contributed by atoms with van der Waals surface area (Å²) in [6.07, 6.45) is 0. The van der Waals surface area contributed by atoms with Crippen molar-refractivity contribution < 1.29 is 0 Å². The van der Waals surface area contributed by atoms with E-state index in [1.807, 2.05) is 0 Å². The Kier molecular flexibility index (Phi) is 3.36. The third-order valence-electron chi connectivity index (χ3n) is 5.56. The van der Waals surface area contributed by atoms with Crippen LogP contribution < -0.4 is 0 Å². The Labute approximate surface area is 154 Å². The van der Waals surface area contributed by atoms with E-state index < -0.39 is 0 Å². The van der Waals surface area contributed by atoms with Crippen LogP contribution in [-0.4, -0.2) is 4.57 Å². The molecule has 0 amide bonds. The van der Waals surface area contributed by atoms with Gasteiger partial charge in [-0.2, -0.15) is 0 Å². The molecule has 0 bridgehead atoms.